The van der Waals surface area contributed by atoms with Gasteiger partial charge in [-0.2, -0.15) is 0 Å². The number of carbonyl (C=O) groups is 1. The van der Waals surface area contributed by atoms with Crippen molar-refractivity contribution in [2.45, 2.75) is 32.4 Å². The fraction of sp³-hybridized carbons (Fsp3) is 0.214. The molecule has 2 aliphatic heterocycles. The highest BCUT2D eigenvalue weighted by Gasteiger charge is 2.42. The second-order valence-corrected chi connectivity index (χ2v) is 9.01. The van der Waals surface area contributed by atoms with Gasteiger partial charge in [0.15, 0.2) is 16.9 Å². The summed E-state index contributed by atoms with van der Waals surface area (Å²) in [5, 5.41) is 0.475. The number of fused-ring (bicyclic) bond motifs is 3. The molecule has 0 saturated heterocycles. The molecule has 0 fully saturated rings. The van der Waals surface area contributed by atoms with Crippen molar-refractivity contribution in [3.63, 3.8) is 0 Å². The fourth-order valence-corrected chi connectivity index (χ4v) is 4.78. The third-order valence-electron chi connectivity index (χ3n) is 6.58. The molecule has 4 aromatic rings. The summed E-state index contributed by atoms with van der Waals surface area (Å²) >= 11 is 0. The zero-order valence-electron chi connectivity index (χ0n) is 18.9. The van der Waals surface area contributed by atoms with Crippen molar-refractivity contribution in [2.24, 2.45) is 0 Å². The van der Waals surface area contributed by atoms with Crippen molar-refractivity contribution in [1.82, 2.24) is 4.90 Å². The minimum atomic E-state index is -0.546. The number of amides is 1. The second kappa shape index (κ2) is 7.76. The molecule has 0 radical (unpaired) electrons. The van der Waals surface area contributed by atoms with Gasteiger partial charge in [-0.3, -0.25) is 9.59 Å². The molecule has 0 N–H and O–H groups in total. The van der Waals surface area contributed by atoms with Gasteiger partial charge >= 0.3 is 0 Å². The van der Waals surface area contributed by atoms with E-state index in [9.17, 15) is 9.59 Å². The maximum atomic E-state index is 13.6. The number of nitrogens with zero attached hydrogens (tertiary/aromatic N) is 1. The minimum Gasteiger partial charge on any atom is -0.454 e. The summed E-state index contributed by atoms with van der Waals surface area (Å²) in [7, 11) is 0. The van der Waals surface area contributed by atoms with Gasteiger partial charge in [0.05, 0.1) is 17.0 Å². The Morgan fingerprint density at radius 3 is 2.50 bits per heavy atom. The van der Waals surface area contributed by atoms with Crippen molar-refractivity contribution in [1.29, 1.82) is 0 Å². The molecule has 6 heteroatoms. The molecule has 3 aromatic carbocycles. The molecule has 0 spiro atoms. The van der Waals surface area contributed by atoms with E-state index in [0.717, 1.165) is 11.1 Å². The summed E-state index contributed by atoms with van der Waals surface area (Å²) < 4.78 is 17.0. The van der Waals surface area contributed by atoms with Crippen LogP contribution in [0, 0.1) is 0 Å². The molecule has 170 valence electrons. The standard InChI is InChI=1S/C28H23NO5/c1-16(2)18-8-10-19(11-9-18)25-24-26(30)20-5-3-4-6-21(20)34-27(24)28(31)29(25)14-17-7-12-22-23(13-17)33-15-32-22/h3-13,16,25H,14-15H2,1-2H3/t25-/m0/s1. The van der Waals surface area contributed by atoms with Gasteiger partial charge in [0, 0.05) is 6.54 Å². The lowest BCUT2D eigenvalue weighted by Crippen LogP contribution is -2.29. The summed E-state index contributed by atoms with van der Waals surface area (Å²) in [6.07, 6.45) is 0. The summed E-state index contributed by atoms with van der Waals surface area (Å²) in [5.41, 5.74) is 3.59. The monoisotopic (exact) mass is 453 g/mol. The van der Waals surface area contributed by atoms with Crippen LogP contribution in [0.5, 0.6) is 11.5 Å². The van der Waals surface area contributed by atoms with Gasteiger partial charge in [-0.1, -0.05) is 56.3 Å². The first kappa shape index (κ1) is 20.5. The molecule has 6 rings (SSSR count). The highest BCUT2D eigenvalue weighted by atomic mass is 16.7. The lowest BCUT2D eigenvalue weighted by Gasteiger charge is -2.25. The average molecular weight is 453 g/mol. The smallest absolute Gasteiger partial charge is 0.291 e. The van der Waals surface area contributed by atoms with E-state index in [2.05, 4.69) is 26.0 Å². The first-order chi connectivity index (χ1) is 16.5. The molecule has 0 saturated carbocycles. The van der Waals surface area contributed by atoms with Crippen molar-refractivity contribution in [3.8, 4) is 11.5 Å². The molecule has 3 heterocycles. The van der Waals surface area contributed by atoms with Gasteiger partial charge in [0.2, 0.25) is 12.6 Å². The van der Waals surface area contributed by atoms with Gasteiger partial charge in [0.1, 0.15) is 5.58 Å². The number of benzene rings is 3. The van der Waals surface area contributed by atoms with Crippen LogP contribution >= 0.6 is 0 Å². The normalized spacial score (nSPS) is 16.5. The highest BCUT2D eigenvalue weighted by Crippen LogP contribution is 2.40. The minimum absolute atomic E-state index is 0.113. The number of rotatable bonds is 4. The molecule has 0 aliphatic carbocycles. The lowest BCUT2D eigenvalue weighted by molar-refractivity contribution is 0.0714. The maximum Gasteiger partial charge on any atom is 0.291 e. The van der Waals surface area contributed by atoms with E-state index in [1.54, 1.807) is 29.2 Å². The summed E-state index contributed by atoms with van der Waals surface area (Å²) in [4.78, 5) is 28.9. The largest absolute Gasteiger partial charge is 0.454 e. The van der Waals surface area contributed by atoms with Crippen LogP contribution in [0.25, 0.3) is 11.0 Å². The summed E-state index contributed by atoms with van der Waals surface area (Å²) in [5.74, 6) is 1.53. The van der Waals surface area contributed by atoms with Crippen LogP contribution in [0.15, 0.2) is 75.9 Å². The van der Waals surface area contributed by atoms with E-state index < -0.39 is 6.04 Å². The van der Waals surface area contributed by atoms with Crippen molar-refractivity contribution in [2.75, 3.05) is 6.79 Å². The Kier molecular flexibility index (Phi) is 4.69. The first-order valence-corrected chi connectivity index (χ1v) is 11.4. The molecule has 1 amide bonds. The summed E-state index contributed by atoms with van der Waals surface area (Å²) in [6, 6.07) is 20.3. The SMILES string of the molecule is CC(C)c1ccc([C@H]2c3c(oc4ccccc4c3=O)C(=O)N2Cc2ccc3c(c2)OCO3)cc1. The van der Waals surface area contributed by atoms with Gasteiger partial charge in [0.25, 0.3) is 5.91 Å². The van der Waals surface area contributed by atoms with Crippen LogP contribution in [-0.4, -0.2) is 17.6 Å². The second-order valence-electron chi connectivity index (χ2n) is 9.01. The molecule has 6 nitrogen and oxygen atoms in total. The predicted molar refractivity (Wildman–Crippen MR) is 127 cm³/mol. The molecule has 0 unspecified atom stereocenters. The number of hydrogen-bond acceptors (Lipinski definition) is 5. The van der Waals surface area contributed by atoms with Crippen LogP contribution in [-0.2, 0) is 6.54 Å². The Morgan fingerprint density at radius 1 is 0.941 bits per heavy atom. The third-order valence-corrected chi connectivity index (χ3v) is 6.58. The Morgan fingerprint density at radius 2 is 1.71 bits per heavy atom. The highest BCUT2D eigenvalue weighted by molar-refractivity contribution is 5.99. The Hall–Kier alpha value is -4.06. The van der Waals surface area contributed by atoms with E-state index in [1.807, 2.05) is 30.3 Å². The first-order valence-electron chi connectivity index (χ1n) is 11.4. The van der Waals surface area contributed by atoms with E-state index in [1.165, 1.54) is 5.56 Å². The Labute approximate surface area is 196 Å². The average Bonchev–Trinajstić information content (AvgIpc) is 3.42. The number of carbonyl (C=O) groups excluding carboxylic acids is 1. The van der Waals surface area contributed by atoms with Crippen LogP contribution in [0.4, 0.5) is 0 Å². The van der Waals surface area contributed by atoms with Crippen molar-refractivity contribution >= 4 is 16.9 Å². The van der Waals surface area contributed by atoms with Gasteiger partial charge in [-0.25, -0.2) is 0 Å². The fourth-order valence-electron chi connectivity index (χ4n) is 4.78. The van der Waals surface area contributed by atoms with Gasteiger partial charge < -0.3 is 18.8 Å². The van der Waals surface area contributed by atoms with E-state index >= 15 is 0 Å². The Bertz CT molecular complexity index is 1490. The zero-order chi connectivity index (χ0) is 23.4. The van der Waals surface area contributed by atoms with Crippen molar-refractivity contribution in [3.05, 3.63) is 105 Å². The molecule has 0 bridgehead atoms. The van der Waals surface area contributed by atoms with Crippen LogP contribution < -0.4 is 14.9 Å². The van der Waals surface area contributed by atoms with Crippen LogP contribution in [0.1, 0.15) is 58.6 Å². The number of hydrogen-bond donors (Lipinski definition) is 0. The number of ether oxygens (including phenoxy) is 2. The van der Waals surface area contributed by atoms with Gasteiger partial charge in [-0.05, 0) is 46.9 Å². The van der Waals surface area contributed by atoms with E-state index in [4.69, 9.17) is 13.9 Å². The molecule has 1 aromatic heterocycles. The molecule has 2 aliphatic rings. The quantitative estimate of drug-likeness (QED) is 0.414. The summed E-state index contributed by atoms with van der Waals surface area (Å²) in [6.45, 7) is 4.75. The zero-order valence-corrected chi connectivity index (χ0v) is 18.9. The lowest BCUT2D eigenvalue weighted by atomic mass is 9.95. The topological polar surface area (TPSA) is 69.0 Å². The predicted octanol–water partition coefficient (Wildman–Crippen LogP) is 5.39. The van der Waals surface area contributed by atoms with E-state index in [-0.39, 0.29) is 23.9 Å². The Balaban J connectivity index is 1.50. The van der Waals surface area contributed by atoms with Crippen LogP contribution in [0.2, 0.25) is 0 Å². The molecular formula is C28H23NO5. The third kappa shape index (κ3) is 3.17. The van der Waals surface area contributed by atoms with Crippen LogP contribution in [0.3, 0.4) is 0 Å². The molecular weight excluding hydrogens is 430 g/mol. The van der Waals surface area contributed by atoms with Gasteiger partial charge in [-0.15, -0.1) is 0 Å². The van der Waals surface area contributed by atoms with Crippen molar-refractivity contribution < 1.29 is 18.7 Å². The number of para-hydroxylation sites is 1. The van der Waals surface area contributed by atoms with E-state index in [0.29, 0.717) is 40.5 Å². The molecule has 1 atom stereocenters. The maximum absolute atomic E-state index is 13.6. The molecule has 34 heavy (non-hydrogen) atoms.